The molecule has 1 unspecified atom stereocenters. The van der Waals surface area contributed by atoms with Gasteiger partial charge in [-0.25, -0.2) is 0 Å². The number of benzene rings is 3. The Labute approximate surface area is 175 Å². The lowest BCUT2D eigenvalue weighted by atomic mass is 9.97. The van der Waals surface area contributed by atoms with E-state index in [9.17, 15) is 18.0 Å². The van der Waals surface area contributed by atoms with Gasteiger partial charge in [0.2, 0.25) is 0 Å². The van der Waals surface area contributed by atoms with Crippen LogP contribution in [0.1, 0.15) is 32.6 Å². The largest absolute Gasteiger partial charge is 0.416 e. The van der Waals surface area contributed by atoms with E-state index in [1.165, 1.54) is 17.0 Å². The van der Waals surface area contributed by atoms with Gasteiger partial charge >= 0.3 is 6.18 Å². The van der Waals surface area contributed by atoms with E-state index < -0.39 is 16.7 Å². The van der Waals surface area contributed by atoms with Crippen molar-refractivity contribution < 1.29 is 18.0 Å². The van der Waals surface area contributed by atoms with E-state index in [2.05, 4.69) is 0 Å². The maximum Gasteiger partial charge on any atom is 0.416 e. The summed E-state index contributed by atoms with van der Waals surface area (Å²) >= 11 is 13.1. The molecule has 3 aromatic carbocycles. The third kappa shape index (κ3) is 3.38. The molecule has 1 aliphatic heterocycles. The average molecular weight is 436 g/mol. The predicted molar refractivity (Wildman–Crippen MR) is 106 cm³/mol. The third-order valence-corrected chi connectivity index (χ3v) is 5.86. The van der Waals surface area contributed by atoms with Crippen LogP contribution in [0.4, 0.5) is 13.2 Å². The normalized spacial score (nSPS) is 18.8. The molecular weight excluding hydrogens is 422 g/mol. The highest BCUT2D eigenvalue weighted by molar-refractivity contribution is 6.31. The molecule has 3 aromatic rings. The summed E-state index contributed by atoms with van der Waals surface area (Å²) in [4.78, 5) is 13.3. The summed E-state index contributed by atoms with van der Waals surface area (Å²) < 4.78 is 38.5. The van der Waals surface area contributed by atoms with E-state index in [4.69, 9.17) is 23.2 Å². The van der Waals surface area contributed by atoms with Crippen molar-refractivity contribution in [2.45, 2.75) is 17.7 Å². The van der Waals surface area contributed by atoms with Gasteiger partial charge in [0.05, 0.1) is 5.56 Å². The second kappa shape index (κ2) is 7.08. The van der Waals surface area contributed by atoms with Crippen molar-refractivity contribution in [3.63, 3.8) is 0 Å². The van der Waals surface area contributed by atoms with E-state index in [-0.39, 0.29) is 12.5 Å². The van der Waals surface area contributed by atoms with Gasteiger partial charge < -0.3 is 4.90 Å². The number of halogens is 5. The van der Waals surface area contributed by atoms with Gasteiger partial charge in [0.15, 0.2) is 5.00 Å². The average Bonchev–Trinajstić information content (AvgIpc) is 2.91. The fraction of sp³-hybridized carbons (Fsp3) is 0.136. The van der Waals surface area contributed by atoms with Crippen molar-refractivity contribution in [3.05, 3.63) is 106 Å². The monoisotopic (exact) mass is 435 g/mol. The highest BCUT2D eigenvalue weighted by Crippen LogP contribution is 2.48. The van der Waals surface area contributed by atoms with Crippen LogP contribution >= 0.6 is 23.2 Å². The predicted octanol–water partition coefficient (Wildman–Crippen LogP) is 6.45. The van der Waals surface area contributed by atoms with Crippen LogP contribution < -0.4 is 0 Å². The van der Waals surface area contributed by atoms with Crippen LogP contribution in [0.2, 0.25) is 5.02 Å². The Hall–Kier alpha value is -2.50. The molecule has 0 fully saturated rings. The van der Waals surface area contributed by atoms with E-state index in [1.54, 1.807) is 48.5 Å². The number of rotatable bonds is 3. The van der Waals surface area contributed by atoms with Crippen LogP contribution in [-0.2, 0) is 17.7 Å². The second-order valence-corrected chi connectivity index (χ2v) is 7.74. The van der Waals surface area contributed by atoms with Crippen LogP contribution in [0, 0.1) is 0 Å². The van der Waals surface area contributed by atoms with Crippen molar-refractivity contribution in [2.24, 2.45) is 0 Å². The summed E-state index contributed by atoms with van der Waals surface area (Å²) in [5, 5.41) is 0.529. The Balaban J connectivity index is 1.77. The molecule has 1 amide bonds. The lowest BCUT2D eigenvalue weighted by Gasteiger charge is -2.34. The van der Waals surface area contributed by atoms with E-state index >= 15 is 0 Å². The van der Waals surface area contributed by atoms with Gasteiger partial charge in [-0.1, -0.05) is 65.7 Å². The number of carbonyl (C=O) groups excluding carboxylic acids is 1. The number of hydrogen-bond acceptors (Lipinski definition) is 1. The van der Waals surface area contributed by atoms with Crippen LogP contribution in [0.25, 0.3) is 0 Å². The van der Waals surface area contributed by atoms with Crippen molar-refractivity contribution in [1.29, 1.82) is 0 Å². The Morgan fingerprint density at radius 3 is 2.14 bits per heavy atom. The summed E-state index contributed by atoms with van der Waals surface area (Å²) in [6.45, 7) is 0.0534. The Bertz CT molecular complexity index is 1060. The third-order valence-electron chi connectivity index (χ3n) is 4.98. The first kappa shape index (κ1) is 19.8. The molecule has 4 rings (SSSR count). The van der Waals surface area contributed by atoms with Crippen LogP contribution in [0.3, 0.4) is 0 Å². The second-order valence-electron chi connectivity index (χ2n) is 6.76. The van der Waals surface area contributed by atoms with Crippen molar-refractivity contribution >= 4 is 29.1 Å². The molecule has 1 aliphatic rings. The van der Waals surface area contributed by atoms with Crippen molar-refractivity contribution in [1.82, 2.24) is 4.90 Å². The first-order valence-electron chi connectivity index (χ1n) is 8.74. The minimum atomic E-state index is -4.42. The zero-order chi connectivity index (χ0) is 20.8. The lowest BCUT2D eigenvalue weighted by Crippen LogP contribution is -2.39. The number of fused-ring (bicyclic) bond motifs is 1. The van der Waals surface area contributed by atoms with Gasteiger partial charge in [-0.3, -0.25) is 4.79 Å². The minimum Gasteiger partial charge on any atom is -0.307 e. The standard InChI is InChI=1S/C22H14Cl2F3NO/c23-17-11-9-15(10-12-17)21(24)19-4-2-1-3-18(19)20(29)28(21)13-14-5-7-16(8-6-14)22(25,26)27/h1-12H,13H2. The molecule has 0 aromatic heterocycles. The van der Waals surface area contributed by atoms with Crippen molar-refractivity contribution in [3.8, 4) is 0 Å². The summed E-state index contributed by atoms with van der Waals surface area (Å²) in [6.07, 6.45) is -4.42. The number of nitrogens with zero attached hydrogens (tertiary/aromatic N) is 1. The van der Waals surface area contributed by atoms with Gasteiger partial charge in [-0.2, -0.15) is 13.2 Å². The van der Waals surface area contributed by atoms with E-state index in [0.29, 0.717) is 27.3 Å². The van der Waals surface area contributed by atoms with Crippen molar-refractivity contribution in [2.75, 3.05) is 0 Å². The first-order valence-corrected chi connectivity index (χ1v) is 9.49. The quantitative estimate of drug-likeness (QED) is 0.341. The van der Waals surface area contributed by atoms with Crippen LogP contribution in [0.5, 0.6) is 0 Å². The molecule has 7 heteroatoms. The van der Waals surface area contributed by atoms with Gasteiger partial charge in [0.25, 0.3) is 5.91 Å². The Morgan fingerprint density at radius 1 is 0.897 bits per heavy atom. The number of carbonyl (C=O) groups is 1. The van der Waals surface area contributed by atoms with Gasteiger partial charge in [0, 0.05) is 22.7 Å². The fourth-order valence-corrected chi connectivity index (χ4v) is 4.09. The topological polar surface area (TPSA) is 20.3 Å². The number of hydrogen-bond donors (Lipinski definition) is 0. The fourth-order valence-electron chi connectivity index (χ4n) is 3.53. The van der Waals surface area contributed by atoms with Gasteiger partial charge in [-0.05, 0) is 41.5 Å². The SMILES string of the molecule is O=C1c2ccccc2C(Cl)(c2ccc(Cl)cc2)N1Cc1ccc(C(F)(F)F)cc1. The van der Waals surface area contributed by atoms with Crippen LogP contribution in [-0.4, -0.2) is 10.8 Å². The molecule has 0 bridgehead atoms. The molecule has 0 aliphatic carbocycles. The van der Waals surface area contributed by atoms with E-state index in [0.717, 1.165) is 12.1 Å². The lowest BCUT2D eigenvalue weighted by molar-refractivity contribution is -0.137. The molecule has 2 nitrogen and oxygen atoms in total. The minimum absolute atomic E-state index is 0.0534. The molecule has 0 saturated carbocycles. The first-order chi connectivity index (χ1) is 13.7. The molecular formula is C22H14Cl2F3NO. The molecule has 1 heterocycles. The summed E-state index contributed by atoms with van der Waals surface area (Å²) in [5.74, 6) is -0.287. The highest BCUT2D eigenvalue weighted by Gasteiger charge is 2.49. The molecule has 148 valence electrons. The molecule has 0 spiro atoms. The highest BCUT2D eigenvalue weighted by atomic mass is 35.5. The Morgan fingerprint density at radius 2 is 1.52 bits per heavy atom. The summed E-state index contributed by atoms with van der Waals surface area (Å²) in [7, 11) is 0. The maximum atomic E-state index is 13.1. The molecule has 29 heavy (non-hydrogen) atoms. The molecule has 0 N–H and O–H groups in total. The van der Waals surface area contributed by atoms with Gasteiger partial charge in [0.1, 0.15) is 0 Å². The molecule has 1 atom stereocenters. The smallest absolute Gasteiger partial charge is 0.307 e. The number of amides is 1. The van der Waals surface area contributed by atoms with E-state index in [1.807, 2.05) is 0 Å². The summed E-state index contributed by atoms with van der Waals surface area (Å²) in [6, 6.07) is 18.6. The zero-order valence-corrected chi connectivity index (χ0v) is 16.4. The molecule has 0 saturated heterocycles. The zero-order valence-electron chi connectivity index (χ0n) is 14.9. The molecule has 0 radical (unpaired) electrons. The number of alkyl halides is 4. The Kier molecular flexibility index (Phi) is 4.83. The van der Waals surface area contributed by atoms with Gasteiger partial charge in [-0.15, -0.1) is 0 Å². The summed E-state index contributed by atoms with van der Waals surface area (Å²) in [5.41, 5.74) is 1.53. The maximum absolute atomic E-state index is 13.1. The van der Waals surface area contributed by atoms with Crippen LogP contribution in [0.15, 0.2) is 72.8 Å².